The van der Waals surface area contributed by atoms with Gasteiger partial charge in [-0.3, -0.25) is 24.2 Å². The predicted octanol–water partition coefficient (Wildman–Crippen LogP) is -1.49. The number of nitrogens with zero attached hydrogens (tertiary/aromatic N) is 1. The van der Waals surface area contributed by atoms with Crippen molar-refractivity contribution >= 4 is 29.7 Å². The minimum atomic E-state index is -1.32. The zero-order chi connectivity index (χ0) is 23.6. The number of rotatable bonds is 12. The van der Waals surface area contributed by atoms with Crippen LogP contribution in [0, 0.1) is 18.3 Å². The molecule has 1 aliphatic heterocycles. The number of ether oxygens (including phenoxy) is 1. The van der Waals surface area contributed by atoms with Gasteiger partial charge in [0.15, 0.2) is 12.0 Å². The molecule has 172 valence electrons. The quantitative estimate of drug-likeness (QED) is 0.183. The van der Waals surface area contributed by atoms with Crippen LogP contribution in [0.15, 0.2) is 4.99 Å². The Bertz CT molecular complexity index is 747. The van der Waals surface area contributed by atoms with Crippen molar-refractivity contribution in [2.75, 3.05) is 6.54 Å². The second kappa shape index (κ2) is 12.4. The Morgan fingerprint density at radius 3 is 2.48 bits per heavy atom. The first-order valence-electron chi connectivity index (χ1n) is 10.2. The van der Waals surface area contributed by atoms with E-state index in [2.05, 4.69) is 26.9 Å². The number of hydrogen-bond donors (Lipinski definition) is 5. The van der Waals surface area contributed by atoms with E-state index < -0.39 is 41.9 Å². The fraction of sp³-hybridized carbons (Fsp3) is 0.650. The van der Waals surface area contributed by atoms with Gasteiger partial charge in [0, 0.05) is 6.42 Å². The van der Waals surface area contributed by atoms with Crippen molar-refractivity contribution in [3.63, 3.8) is 0 Å². The van der Waals surface area contributed by atoms with Gasteiger partial charge in [-0.2, -0.15) is 0 Å². The molecule has 1 rings (SSSR count). The van der Waals surface area contributed by atoms with E-state index in [4.69, 9.17) is 22.6 Å². The van der Waals surface area contributed by atoms with Gasteiger partial charge in [0.25, 0.3) is 5.91 Å². The van der Waals surface area contributed by atoms with Crippen molar-refractivity contribution in [1.82, 2.24) is 16.0 Å². The molecule has 1 heterocycles. The number of aliphatic imine (C=N–C) groups is 1. The highest BCUT2D eigenvalue weighted by atomic mass is 16.5. The minimum absolute atomic E-state index is 0.152. The SMILES string of the molecule is C#C[C@H](NC(=O)C[C@H](C)OC(=O)C[C@@H](C)CC)C(=O)N[C@@H](C[C@H]1CN=C(N)N1)C(N)=O. The molecule has 7 N–H and O–H groups in total. The summed E-state index contributed by atoms with van der Waals surface area (Å²) in [5.41, 5.74) is 10.9. The average Bonchev–Trinajstić information content (AvgIpc) is 3.09. The van der Waals surface area contributed by atoms with Crippen molar-refractivity contribution in [2.45, 2.75) is 70.7 Å². The number of nitrogens with two attached hydrogens (primary N) is 2. The Labute approximate surface area is 182 Å². The first-order chi connectivity index (χ1) is 14.5. The van der Waals surface area contributed by atoms with Crippen LogP contribution < -0.4 is 27.4 Å². The fourth-order valence-corrected chi connectivity index (χ4v) is 2.84. The van der Waals surface area contributed by atoms with Crippen LogP contribution in [0.3, 0.4) is 0 Å². The molecule has 0 saturated heterocycles. The van der Waals surface area contributed by atoms with E-state index in [1.165, 1.54) is 0 Å². The van der Waals surface area contributed by atoms with E-state index in [9.17, 15) is 19.2 Å². The lowest BCUT2D eigenvalue weighted by Gasteiger charge is -2.22. The monoisotopic (exact) mass is 436 g/mol. The number of esters is 1. The van der Waals surface area contributed by atoms with E-state index in [0.29, 0.717) is 6.54 Å². The van der Waals surface area contributed by atoms with Crippen molar-refractivity contribution in [1.29, 1.82) is 0 Å². The Hall–Kier alpha value is -3.29. The van der Waals surface area contributed by atoms with Gasteiger partial charge in [-0.15, -0.1) is 6.42 Å². The van der Waals surface area contributed by atoms with Gasteiger partial charge >= 0.3 is 5.97 Å². The van der Waals surface area contributed by atoms with Gasteiger partial charge in [0.2, 0.25) is 11.8 Å². The molecule has 0 unspecified atom stereocenters. The minimum Gasteiger partial charge on any atom is -0.462 e. The Morgan fingerprint density at radius 2 is 1.97 bits per heavy atom. The highest BCUT2D eigenvalue weighted by Gasteiger charge is 2.28. The Balaban J connectivity index is 2.54. The molecule has 0 aromatic carbocycles. The molecule has 5 atom stereocenters. The molecule has 3 amide bonds. The van der Waals surface area contributed by atoms with Gasteiger partial charge in [-0.1, -0.05) is 26.2 Å². The maximum absolute atomic E-state index is 12.4. The predicted molar refractivity (Wildman–Crippen MR) is 114 cm³/mol. The van der Waals surface area contributed by atoms with Crippen LogP contribution in [0.25, 0.3) is 0 Å². The zero-order valence-corrected chi connectivity index (χ0v) is 18.1. The lowest BCUT2D eigenvalue weighted by molar-refractivity contribution is -0.150. The molecule has 11 nitrogen and oxygen atoms in total. The molecule has 0 aromatic heterocycles. The van der Waals surface area contributed by atoms with Gasteiger partial charge in [-0.25, -0.2) is 0 Å². The summed E-state index contributed by atoms with van der Waals surface area (Å²) >= 11 is 0. The van der Waals surface area contributed by atoms with E-state index in [1.54, 1.807) is 6.92 Å². The van der Waals surface area contributed by atoms with Crippen LogP contribution in [0.2, 0.25) is 0 Å². The molecule has 0 radical (unpaired) electrons. The van der Waals surface area contributed by atoms with Crippen LogP contribution in [0.4, 0.5) is 0 Å². The number of terminal acetylenes is 1. The van der Waals surface area contributed by atoms with E-state index in [1.807, 2.05) is 13.8 Å². The van der Waals surface area contributed by atoms with Crippen LogP contribution in [-0.2, 0) is 23.9 Å². The number of primary amides is 1. The molecule has 11 heteroatoms. The summed E-state index contributed by atoms with van der Waals surface area (Å²) in [5.74, 6) is 0.108. The largest absolute Gasteiger partial charge is 0.462 e. The third-order valence-electron chi connectivity index (χ3n) is 4.77. The van der Waals surface area contributed by atoms with E-state index in [0.717, 1.165) is 6.42 Å². The van der Waals surface area contributed by atoms with Crippen LogP contribution in [0.1, 0.15) is 46.5 Å². The molecule has 0 aliphatic carbocycles. The molecule has 0 spiro atoms. The molecule has 0 saturated carbocycles. The summed E-state index contributed by atoms with van der Waals surface area (Å²) in [6.45, 7) is 5.81. The Kier molecular flexibility index (Phi) is 10.3. The molecule has 31 heavy (non-hydrogen) atoms. The van der Waals surface area contributed by atoms with Crippen molar-refractivity contribution in [3.8, 4) is 12.3 Å². The maximum atomic E-state index is 12.4. The third kappa shape index (κ3) is 9.37. The van der Waals surface area contributed by atoms with Crippen molar-refractivity contribution < 1.29 is 23.9 Å². The number of guanidine groups is 1. The summed E-state index contributed by atoms with van der Waals surface area (Å²) in [7, 11) is 0. The summed E-state index contributed by atoms with van der Waals surface area (Å²) < 4.78 is 5.21. The standard InChI is InChI=1S/C20H32N6O5/c1-5-11(3)7-17(28)31-12(4)8-16(27)25-14(6-2)19(30)26-15(18(21)29)9-13-10-23-20(22)24-13/h2,11-15H,5,7-10H2,1,3-4H3,(H2,21,29)(H,25,27)(H,26,30)(H3,22,23,24)/t11-,12-,13-,14-,15-/m0/s1. The van der Waals surface area contributed by atoms with Gasteiger partial charge in [0.05, 0.1) is 19.0 Å². The summed E-state index contributed by atoms with van der Waals surface area (Å²) in [5, 5.41) is 7.68. The molecule has 1 aliphatic rings. The smallest absolute Gasteiger partial charge is 0.306 e. The molecule has 0 aromatic rings. The molecular weight excluding hydrogens is 404 g/mol. The van der Waals surface area contributed by atoms with Crippen LogP contribution >= 0.6 is 0 Å². The third-order valence-corrected chi connectivity index (χ3v) is 4.77. The molecule has 0 fully saturated rings. The highest BCUT2D eigenvalue weighted by molar-refractivity contribution is 5.93. The van der Waals surface area contributed by atoms with Crippen LogP contribution in [0.5, 0.6) is 0 Å². The van der Waals surface area contributed by atoms with Gasteiger partial charge in [0.1, 0.15) is 12.1 Å². The zero-order valence-electron chi connectivity index (χ0n) is 18.1. The summed E-state index contributed by atoms with van der Waals surface area (Å²) in [6, 6.07) is -2.61. The number of hydrogen-bond acceptors (Lipinski definition) is 8. The second-order valence-corrected chi connectivity index (χ2v) is 7.66. The Morgan fingerprint density at radius 1 is 1.29 bits per heavy atom. The lowest BCUT2D eigenvalue weighted by Crippen LogP contribution is -2.54. The highest BCUT2D eigenvalue weighted by Crippen LogP contribution is 2.10. The fourth-order valence-electron chi connectivity index (χ4n) is 2.84. The number of amides is 3. The average molecular weight is 437 g/mol. The lowest BCUT2D eigenvalue weighted by atomic mass is 10.1. The van der Waals surface area contributed by atoms with E-state index in [-0.39, 0.29) is 37.2 Å². The number of carbonyl (C=O) groups excluding carboxylic acids is 4. The second-order valence-electron chi connectivity index (χ2n) is 7.66. The van der Waals surface area contributed by atoms with Crippen molar-refractivity contribution in [2.24, 2.45) is 22.4 Å². The normalized spacial score (nSPS) is 18.9. The van der Waals surface area contributed by atoms with Crippen LogP contribution in [-0.4, -0.2) is 60.4 Å². The number of nitrogens with one attached hydrogen (secondary N) is 3. The molecular formula is C20H32N6O5. The van der Waals surface area contributed by atoms with Gasteiger partial charge < -0.3 is 32.2 Å². The van der Waals surface area contributed by atoms with Crippen molar-refractivity contribution in [3.05, 3.63) is 0 Å². The first-order valence-corrected chi connectivity index (χ1v) is 10.2. The molecule has 0 bridgehead atoms. The summed E-state index contributed by atoms with van der Waals surface area (Å²) in [4.78, 5) is 52.2. The van der Waals surface area contributed by atoms with E-state index >= 15 is 0 Å². The topological polar surface area (TPSA) is 178 Å². The number of carbonyl (C=O) groups is 4. The summed E-state index contributed by atoms with van der Waals surface area (Å²) in [6.07, 6.45) is 5.77. The maximum Gasteiger partial charge on any atom is 0.306 e. The first kappa shape index (κ1) is 25.7. The van der Waals surface area contributed by atoms with Gasteiger partial charge in [-0.05, 0) is 19.3 Å².